The van der Waals surface area contributed by atoms with Crippen LogP contribution in [-0.4, -0.2) is 76.9 Å². The Morgan fingerprint density at radius 2 is 1.82 bits per heavy atom. The van der Waals surface area contributed by atoms with Crippen molar-refractivity contribution in [3.8, 4) is 0 Å². The maximum Gasteiger partial charge on any atom is 0.331 e. The van der Waals surface area contributed by atoms with E-state index in [1.165, 1.54) is 0 Å². The van der Waals surface area contributed by atoms with Crippen LogP contribution in [-0.2, 0) is 23.7 Å². The molecule has 6 aliphatic rings. The number of carbonyl (C=O) groups is 1. The van der Waals surface area contributed by atoms with E-state index < -0.39 is 22.7 Å². The fraction of sp³-hybridized carbons (Fsp3) is 0.900. The zero-order valence-corrected chi connectivity index (χ0v) is 23.4. The first-order valence-electron chi connectivity index (χ1n) is 14.8. The van der Waals surface area contributed by atoms with Gasteiger partial charge in [0.05, 0.1) is 29.5 Å². The maximum absolute atomic E-state index is 12.5. The average Bonchev–Trinajstić information content (AvgIpc) is 3.42. The summed E-state index contributed by atoms with van der Waals surface area (Å²) in [4.78, 5) is 11.8. The summed E-state index contributed by atoms with van der Waals surface area (Å²) in [5.74, 6) is 0.206. The molecule has 8 heteroatoms. The van der Waals surface area contributed by atoms with Crippen molar-refractivity contribution in [2.45, 2.75) is 127 Å². The van der Waals surface area contributed by atoms with Crippen molar-refractivity contribution in [2.75, 3.05) is 13.7 Å². The predicted octanol–water partition coefficient (Wildman–Crippen LogP) is 3.25. The lowest BCUT2D eigenvalue weighted by Gasteiger charge is -2.67. The quantitative estimate of drug-likeness (QED) is 0.372. The van der Waals surface area contributed by atoms with Crippen LogP contribution in [0.3, 0.4) is 0 Å². The van der Waals surface area contributed by atoms with Crippen molar-refractivity contribution >= 4 is 5.97 Å². The van der Waals surface area contributed by atoms with Gasteiger partial charge in [-0.2, -0.15) is 0 Å². The number of hydrogen-bond donors (Lipinski definition) is 3. The molecule has 4 saturated carbocycles. The molecule has 5 fully saturated rings. The van der Waals surface area contributed by atoms with Gasteiger partial charge in [0.15, 0.2) is 6.29 Å². The smallest absolute Gasteiger partial charge is 0.331 e. The highest BCUT2D eigenvalue weighted by atomic mass is 16.7. The van der Waals surface area contributed by atoms with Crippen molar-refractivity contribution in [1.29, 1.82) is 0 Å². The minimum Gasteiger partial charge on any atom is -0.458 e. The van der Waals surface area contributed by atoms with Crippen LogP contribution >= 0.6 is 0 Å². The van der Waals surface area contributed by atoms with Gasteiger partial charge >= 0.3 is 5.97 Å². The van der Waals surface area contributed by atoms with Crippen LogP contribution < -0.4 is 0 Å². The van der Waals surface area contributed by atoms with Gasteiger partial charge < -0.3 is 34.3 Å². The summed E-state index contributed by atoms with van der Waals surface area (Å²) in [5, 5.41) is 35.2. The zero-order valence-electron chi connectivity index (χ0n) is 23.4. The van der Waals surface area contributed by atoms with E-state index in [1.807, 2.05) is 6.92 Å². The van der Waals surface area contributed by atoms with Crippen LogP contribution in [0.1, 0.15) is 85.0 Å². The van der Waals surface area contributed by atoms with E-state index in [9.17, 15) is 20.1 Å². The number of rotatable bonds is 4. The molecule has 0 unspecified atom stereocenters. The number of fused-ring (bicyclic) bond motifs is 5. The Bertz CT molecular complexity index is 983. The molecule has 2 heterocycles. The Kier molecular flexibility index (Phi) is 6.61. The number of aliphatic hydroxyl groups is 3. The molecule has 4 aliphatic carbocycles. The van der Waals surface area contributed by atoms with Gasteiger partial charge in [-0.3, -0.25) is 0 Å². The summed E-state index contributed by atoms with van der Waals surface area (Å²) < 4.78 is 23.1. The highest BCUT2D eigenvalue weighted by Crippen LogP contribution is 2.71. The second-order valence-electron chi connectivity index (χ2n) is 13.8. The Morgan fingerprint density at radius 1 is 1.03 bits per heavy atom. The summed E-state index contributed by atoms with van der Waals surface area (Å²) in [7, 11) is 1.62. The average molecular weight is 535 g/mol. The molecule has 12 atom stereocenters. The molecule has 0 aromatic rings. The van der Waals surface area contributed by atoms with Gasteiger partial charge in [0.25, 0.3) is 0 Å². The number of aliphatic hydroxyl groups excluding tert-OH is 1. The van der Waals surface area contributed by atoms with Crippen LogP contribution in [0.4, 0.5) is 0 Å². The summed E-state index contributed by atoms with van der Waals surface area (Å²) in [6.45, 7) is 6.64. The van der Waals surface area contributed by atoms with E-state index >= 15 is 0 Å². The normalized spacial score (nSPS) is 54.5. The fourth-order valence-corrected chi connectivity index (χ4v) is 10.1. The van der Waals surface area contributed by atoms with Gasteiger partial charge in [0.1, 0.15) is 12.7 Å². The van der Waals surface area contributed by atoms with Gasteiger partial charge in [-0.25, -0.2) is 4.79 Å². The molecule has 38 heavy (non-hydrogen) atoms. The lowest BCUT2D eigenvalue weighted by molar-refractivity contribution is -0.304. The molecule has 214 valence electrons. The maximum atomic E-state index is 12.5. The third-order valence-corrected chi connectivity index (χ3v) is 12.3. The molecular weight excluding hydrogens is 488 g/mol. The minimum absolute atomic E-state index is 0.0286. The molecule has 3 N–H and O–H groups in total. The van der Waals surface area contributed by atoms with Crippen LogP contribution in [0.5, 0.6) is 0 Å². The topological polar surface area (TPSA) is 115 Å². The standard InChI is InChI=1S/C30H46O8/c1-17-26(32)22(35-4)15-25(37-17)38-20-6-9-27(2)19(14-20)5-11-29(33)23(27)8-10-28(3)21(7-12-30(28,29)34)18-13-24(31)36-16-18/h13,17,19-23,25-26,32-34H,5-12,14-16H2,1-4H3/t17-,19-,20+,21-,22-,23-,25+,26+,27+,28-,29+,30-/m0/s1. The number of esters is 1. The molecule has 2 aliphatic heterocycles. The fourth-order valence-electron chi connectivity index (χ4n) is 10.1. The SMILES string of the molecule is CO[C@H]1C[C@@H](O[C@@H]2CC[C@]3(C)[C@@H](CC[C@@]4(O)[C@H]3CC[C@@]3(C)[C@H](C5=CC(=O)OC5)CC[C@]34O)C2)O[C@@H](C)[C@H]1O. The van der Waals surface area contributed by atoms with Crippen molar-refractivity contribution in [2.24, 2.45) is 28.6 Å². The van der Waals surface area contributed by atoms with Crippen molar-refractivity contribution < 1.29 is 39.1 Å². The Balaban J connectivity index is 1.18. The first-order chi connectivity index (χ1) is 17.9. The molecule has 1 saturated heterocycles. The summed E-state index contributed by atoms with van der Waals surface area (Å²) >= 11 is 0. The van der Waals surface area contributed by atoms with E-state index in [1.54, 1.807) is 13.2 Å². The minimum atomic E-state index is -1.18. The first-order valence-corrected chi connectivity index (χ1v) is 14.8. The lowest BCUT2D eigenvalue weighted by Crippen LogP contribution is -2.73. The summed E-state index contributed by atoms with van der Waals surface area (Å²) in [5.41, 5.74) is -1.88. The monoisotopic (exact) mass is 534 g/mol. The van der Waals surface area contributed by atoms with Crippen molar-refractivity contribution in [3.05, 3.63) is 11.6 Å². The summed E-state index contributed by atoms with van der Waals surface area (Å²) in [6, 6.07) is 0. The number of methoxy groups -OCH3 is 1. The first kappa shape index (κ1) is 27.2. The molecule has 6 rings (SSSR count). The molecular formula is C30H46O8. The molecule has 8 nitrogen and oxygen atoms in total. The number of carbonyl (C=O) groups excluding carboxylic acids is 1. The van der Waals surface area contributed by atoms with Gasteiger partial charge in [0, 0.05) is 25.0 Å². The molecule has 0 bridgehead atoms. The van der Waals surface area contributed by atoms with Crippen LogP contribution in [0.2, 0.25) is 0 Å². The van der Waals surface area contributed by atoms with Crippen molar-refractivity contribution in [1.82, 2.24) is 0 Å². The molecule has 0 radical (unpaired) electrons. The van der Waals surface area contributed by atoms with Gasteiger partial charge in [-0.05, 0) is 93.5 Å². The van der Waals surface area contributed by atoms with E-state index in [2.05, 4.69) is 13.8 Å². The largest absolute Gasteiger partial charge is 0.458 e. The Morgan fingerprint density at radius 3 is 2.53 bits per heavy atom. The predicted molar refractivity (Wildman–Crippen MR) is 138 cm³/mol. The molecule has 0 amide bonds. The van der Waals surface area contributed by atoms with E-state index in [4.69, 9.17) is 18.9 Å². The van der Waals surface area contributed by atoms with E-state index in [0.717, 1.165) is 50.5 Å². The van der Waals surface area contributed by atoms with Crippen LogP contribution in [0.25, 0.3) is 0 Å². The van der Waals surface area contributed by atoms with Gasteiger partial charge in [-0.1, -0.05) is 13.8 Å². The second-order valence-corrected chi connectivity index (χ2v) is 13.8. The molecule has 0 aromatic heterocycles. The van der Waals surface area contributed by atoms with Gasteiger partial charge in [0.2, 0.25) is 0 Å². The lowest BCUT2D eigenvalue weighted by atomic mass is 9.41. The number of cyclic esters (lactones) is 1. The Labute approximate surface area is 226 Å². The highest BCUT2D eigenvalue weighted by molar-refractivity contribution is 5.85. The van der Waals surface area contributed by atoms with E-state index in [-0.39, 0.29) is 47.8 Å². The highest BCUT2D eigenvalue weighted by Gasteiger charge is 2.74. The zero-order chi connectivity index (χ0) is 27.1. The molecule has 0 aromatic carbocycles. The van der Waals surface area contributed by atoms with Crippen molar-refractivity contribution in [3.63, 3.8) is 0 Å². The Hall–Kier alpha value is -1.03. The molecule has 0 spiro atoms. The third kappa shape index (κ3) is 3.73. The summed E-state index contributed by atoms with van der Waals surface area (Å²) in [6.07, 6.45) is 7.78. The number of ether oxygens (including phenoxy) is 4. The third-order valence-electron chi connectivity index (χ3n) is 12.3. The second kappa shape index (κ2) is 9.25. The number of hydrogen-bond acceptors (Lipinski definition) is 8. The van der Waals surface area contributed by atoms with Crippen LogP contribution in [0.15, 0.2) is 11.6 Å². The van der Waals surface area contributed by atoms with E-state index in [0.29, 0.717) is 31.8 Å². The van der Waals surface area contributed by atoms with Gasteiger partial charge in [-0.15, -0.1) is 0 Å². The van der Waals surface area contributed by atoms with Crippen LogP contribution in [0, 0.1) is 28.6 Å².